The highest BCUT2D eigenvalue weighted by Gasteiger charge is 2.17. The van der Waals surface area contributed by atoms with E-state index in [-0.39, 0.29) is 12.5 Å². The molecule has 0 saturated carbocycles. The third kappa shape index (κ3) is 36.7. The van der Waals surface area contributed by atoms with Crippen LogP contribution in [-0.4, -0.2) is 34.9 Å². The molecule has 0 aliphatic heterocycles. The summed E-state index contributed by atoms with van der Waals surface area (Å²) < 4.78 is 0. The first-order valence-electron chi connectivity index (χ1n) is 20.3. The Morgan fingerprint density at radius 1 is 0.510 bits per heavy atom. The minimum Gasteiger partial charge on any atom is -0.394 e. The number of hydrogen-bond donors (Lipinski definition) is 3. The predicted molar refractivity (Wildman–Crippen MR) is 216 cm³/mol. The molecular weight excluding hydrogens is 602 g/mol. The fraction of sp³-hybridized carbons (Fsp3) is 0.667. The standard InChI is InChI=1S/C45H77NO3/c1-3-5-7-9-11-13-14-15-16-17-18-19-20-21-22-23-24-25-26-27-28-29-30-31-32-33-35-37-39-41-45(49)46-43(42-47)44(48)40-38-36-34-12-10-8-6-4-2/h5,7,11,13,15-16,18-19,21-22,24-25,38,40,43-44,47-48H,3-4,6,8-10,12,14,17,20,23,26-37,39,41-42H2,1-2H3,(H,46,49)/b7-5-,13-11-,16-15-,19-18-,22-21-,25-24-,40-38+. The smallest absolute Gasteiger partial charge is 0.220 e. The lowest BCUT2D eigenvalue weighted by Gasteiger charge is -2.20. The average molecular weight is 680 g/mol. The van der Waals surface area contributed by atoms with E-state index in [9.17, 15) is 15.0 Å². The van der Waals surface area contributed by atoms with Gasteiger partial charge in [-0.05, 0) is 70.6 Å². The number of aliphatic hydroxyl groups is 2. The summed E-state index contributed by atoms with van der Waals surface area (Å²) in [4.78, 5) is 12.3. The van der Waals surface area contributed by atoms with Crippen molar-refractivity contribution in [3.05, 3.63) is 85.1 Å². The van der Waals surface area contributed by atoms with Gasteiger partial charge in [-0.3, -0.25) is 4.79 Å². The fourth-order valence-electron chi connectivity index (χ4n) is 5.53. The molecule has 49 heavy (non-hydrogen) atoms. The molecule has 0 spiro atoms. The molecule has 0 fully saturated rings. The van der Waals surface area contributed by atoms with E-state index in [1.807, 2.05) is 6.08 Å². The highest BCUT2D eigenvalue weighted by atomic mass is 16.3. The minimum absolute atomic E-state index is 0.0774. The van der Waals surface area contributed by atoms with Crippen molar-refractivity contribution in [3.8, 4) is 0 Å². The van der Waals surface area contributed by atoms with E-state index in [0.717, 1.165) is 64.2 Å². The van der Waals surface area contributed by atoms with Gasteiger partial charge >= 0.3 is 0 Å². The van der Waals surface area contributed by atoms with Crippen molar-refractivity contribution in [3.63, 3.8) is 0 Å². The van der Waals surface area contributed by atoms with E-state index in [4.69, 9.17) is 0 Å². The van der Waals surface area contributed by atoms with Gasteiger partial charge in [0.2, 0.25) is 5.91 Å². The Bertz CT molecular complexity index is 910. The Labute approximate surface area is 303 Å². The molecule has 0 bridgehead atoms. The van der Waals surface area contributed by atoms with Crippen molar-refractivity contribution >= 4 is 5.91 Å². The molecule has 2 unspecified atom stereocenters. The number of carbonyl (C=O) groups is 1. The van der Waals surface area contributed by atoms with Crippen LogP contribution in [0.4, 0.5) is 0 Å². The molecule has 4 nitrogen and oxygen atoms in total. The lowest BCUT2D eigenvalue weighted by molar-refractivity contribution is -0.123. The number of rotatable bonds is 35. The predicted octanol–water partition coefficient (Wildman–Crippen LogP) is 12.5. The maximum atomic E-state index is 12.3. The van der Waals surface area contributed by atoms with Crippen LogP contribution in [0.15, 0.2) is 85.1 Å². The topological polar surface area (TPSA) is 69.6 Å². The molecule has 0 aromatic carbocycles. The van der Waals surface area contributed by atoms with Crippen molar-refractivity contribution in [2.24, 2.45) is 0 Å². The molecule has 0 heterocycles. The van der Waals surface area contributed by atoms with Gasteiger partial charge in [-0.1, -0.05) is 182 Å². The lowest BCUT2D eigenvalue weighted by Crippen LogP contribution is -2.45. The molecule has 2 atom stereocenters. The lowest BCUT2D eigenvalue weighted by atomic mass is 10.0. The number of unbranched alkanes of at least 4 members (excludes halogenated alkanes) is 16. The summed E-state index contributed by atoms with van der Waals surface area (Å²) in [6.45, 7) is 4.13. The zero-order chi connectivity index (χ0) is 35.7. The summed E-state index contributed by atoms with van der Waals surface area (Å²) in [5, 5.41) is 22.8. The van der Waals surface area contributed by atoms with Crippen LogP contribution in [0, 0.1) is 0 Å². The van der Waals surface area contributed by atoms with Gasteiger partial charge in [0.25, 0.3) is 0 Å². The van der Waals surface area contributed by atoms with E-state index in [1.165, 1.54) is 89.9 Å². The highest BCUT2D eigenvalue weighted by Crippen LogP contribution is 2.13. The van der Waals surface area contributed by atoms with Gasteiger partial charge in [-0.2, -0.15) is 0 Å². The van der Waals surface area contributed by atoms with Crippen molar-refractivity contribution in [1.82, 2.24) is 5.32 Å². The number of allylic oxidation sites excluding steroid dienone is 13. The van der Waals surface area contributed by atoms with E-state index >= 15 is 0 Å². The molecule has 0 aliphatic carbocycles. The van der Waals surface area contributed by atoms with Crippen LogP contribution in [0.2, 0.25) is 0 Å². The molecule has 4 heteroatoms. The van der Waals surface area contributed by atoms with Gasteiger partial charge in [-0.25, -0.2) is 0 Å². The Morgan fingerprint density at radius 3 is 1.35 bits per heavy atom. The Hall–Kier alpha value is -2.43. The molecule has 0 aromatic heterocycles. The summed E-state index contributed by atoms with van der Waals surface area (Å²) in [6.07, 6.45) is 58.3. The third-order valence-electron chi connectivity index (χ3n) is 8.63. The van der Waals surface area contributed by atoms with Crippen molar-refractivity contribution in [2.75, 3.05) is 6.61 Å². The van der Waals surface area contributed by atoms with Gasteiger partial charge in [0.15, 0.2) is 0 Å². The molecule has 3 N–H and O–H groups in total. The van der Waals surface area contributed by atoms with Crippen molar-refractivity contribution < 1.29 is 15.0 Å². The number of amides is 1. The van der Waals surface area contributed by atoms with Crippen molar-refractivity contribution in [2.45, 2.75) is 187 Å². The van der Waals surface area contributed by atoms with Crippen LogP contribution in [0.3, 0.4) is 0 Å². The Morgan fingerprint density at radius 2 is 0.898 bits per heavy atom. The molecule has 280 valence electrons. The molecule has 0 aromatic rings. The first kappa shape index (κ1) is 46.6. The Balaban J connectivity index is 3.58. The van der Waals surface area contributed by atoms with Gasteiger partial charge in [-0.15, -0.1) is 0 Å². The van der Waals surface area contributed by atoms with Crippen LogP contribution in [0.25, 0.3) is 0 Å². The molecule has 0 radical (unpaired) electrons. The average Bonchev–Trinajstić information content (AvgIpc) is 3.10. The molecule has 1 amide bonds. The number of nitrogens with one attached hydrogen (secondary N) is 1. The summed E-state index contributed by atoms with van der Waals surface area (Å²) in [5.74, 6) is -0.0774. The van der Waals surface area contributed by atoms with E-state index < -0.39 is 12.1 Å². The van der Waals surface area contributed by atoms with Crippen LogP contribution in [0.1, 0.15) is 174 Å². The molecule has 0 saturated heterocycles. The first-order valence-corrected chi connectivity index (χ1v) is 20.3. The second-order valence-corrected chi connectivity index (χ2v) is 13.3. The second-order valence-electron chi connectivity index (χ2n) is 13.3. The maximum Gasteiger partial charge on any atom is 0.220 e. The summed E-state index contributed by atoms with van der Waals surface area (Å²) in [6, 6.07) is -0.626. The number of aliphatic hydroxyl groups excluding tert-OH is 2. The van der Waals surface area contributed by atoms with Crippen LogP contribution in [0.5, 0.6) is 0 Å². The van der Waals surface area contributed by atoms with E-state index in [2.05, 4.69) is 92.1 Å². The monoisotopic (exact) mass is 680 g/mol. The van der Waals surface area contributed by atoms with Crippen LogP contribution >= 0.6 is 0 Å². The van der Waals surface area contributed by atoms with E-state index in [1.54, 1.807) is 6.08 Å². The molecule has 0 aliphatic rings. The SMILES string of the molecule is CC/C=C\C/C=C\C/C=C\C/C=C\C/C=C\C/C=C\CCCCCCCCCCCCC(=O)NC(CO)C(O)/C=C/CCCCCCCC. The number of hydrogen-bond acceptors (Lipinski definition) is 3. The zero-order valence-electron chi connectivity index (χ0n) is 31.9. The third-order valence-corrected chi connectivity index (χ3v) is 8.63. The number of carbonyl (C=O) groups excluding carboxylic acids is 1. The van der Waals surface area contributed by atoms with Gasteiger partial charge in [0, 0.05) is 6.42 Å². The van der Waals surface area contributed by atoms with Gasteiger partial charge in [0.1, 0.15) is 0 Å². The largest absolute Gasteiger partial charge is 0.394 e. The Kier molecular flexibility index (Phi) is 38.0. The quantitative estimate of drug-likeness (QED) is 0.0461. The summed E-state index contributed by atoms with van der Waals surface area (Å²) in [5.41, 5.74) is 0. The van der Waals surface area contributed by atoms with E-state index in [0.29, 0.717) is 6.42 Å². The van der Waals surface area contributed by atoms with Gasteiger partial charge < -0.3 is 15.5 Å². The fourth-order valence-corrected chi connectivity index (χ4v) is 5.53. The summed E-state index contributed by atoms with van der Waals surface area (Å²) in [7, 11) is 0. The first-order chi connectivity index (χ1) is 24.2. The summed E-state index contributed by atoms with van der Waals surface area (Å²) >= 11 is 0. The molecule has 0 rings (SSSR count). The van der Waals surface area contributed by atoms with Crippen LogP contribution in [-0.2, 0) is 4.79 Å². The van der Waals surface area contributed by atoms with Gasteiger partial charge in [0.05, 0.1) is 18.8 Å². The van der Waals surface area contributed by atoms with Crippen molar-refractivity contribution in [1.29, 1.82) is 0 Å². The molecular formula is C45H77NO3. The zero-order valence-corrected chi connectivity index (χ0v) is 31.9. The second kappa shape index (κ2) is 40.0. The normalized spacial score (nSPS) is 14.0. The minimum atomic E-state index is -0.842. The maximum absolute atomic E-state index is 12.3. The highest BCUT2D eigenvalue weighted by molar-refractivity contribution is 5.76. The van der Waals surface area contributed by atoms with Crippen LogP contribution < -0.4 is 5.32 Å².